The average Bonchev–Trinajstić information content (AvgIpc) is 2.44. The zero-order valence-corrected chi connectivity index (χ0v) is 12.1. The molecule has 0 atom stereocenters. The molecule has 0 aliphatic heterocycles. The van der Waals surface area contributed by atoms with E-state index in [1.807, 2.05) is 30.3 Å². The highest BCUT2D eigenvalue weighted by atomic mass is 16.5. The Morgan fingerprint density at radius 1 is 1.10 bits per heavy atom. The predicted octanol–water partition coefficient (Wildman–Crippen LogP) is 2.47. The molecular formula is C16H23NO3. The topological polar surface area (TPSA) is 55.4 Å². The summed E-state index contributed by atoms with van der Waals surface area (Å²) in [4.78, 5) is 22.7. The average molecular weight is 277 g/mol. The van der Waals surface area contributed by atoms with Gasteiger partial charge in [-0.3, -0.25) is 9.59 Å². The van der Waals surface area contributed by atoms with Gasteiger partial charge in [-0.05, 0) is 25.3 Å². The van der Waals surface area contributed by atoms with Crippen molar-refractivity contribution in [1.29, 1.82) is 0 Å². The summed E-state index contributed by atoms with van der Waals surface area (Å²) >= 11 is 0. The SMILES string of the molecule is CCOC(=O)CCCCCNC(=O)Cc1ccccc1. The minimum Gasteiger partial charge on any atom is -0.466 e. The van der Waals surface area contributed by atoms with Crippen LogP contribution in [0.15, 0.2) is 30.3 Å². The van der Waals surface area contributed by atoms with Crippen LogP contribution in [-0.2, 0) is 20.7 Å². The number of rotatable bonds is 9. The van der Waals surface area contributed by atoms with Gasteiger partial charge >= 0.3 is 5.97 Å². The lowest BCUT2D eigenvalue weighted by Gasteiger charge is -2.05. The minimum absolute atomic E-state index is 0.0431. The summed E-state index contributed by atoms with van der Waals surface area (Å²) in [6.45, 7) is 2.91. The van der Waals surface area contributed by atoms with Gasteiger partial charge in [0.15, 0.2) is 0 Å². The fourth-order valence-corrected chi connectivity index (χ4v) is 1.88. The second-order valence-electron chi connectivity index (χ2n) is 4.63. The number of nitrogens with one attached hydrogen (secondary N) is 1. The van der Waals surface area contributed by atoms with E-state index in [1.165, 1.54) is 0 Å². The molecule has 4 heteroatoms. The second kappa shape index (κ2) is 10.0. The Balaban J connectivity index is 2.01. The van der Waals surface area contributed by atoms with E-state index in [1.54, 1.807) is 6.92 Å². The summed E-state index contributed by atoms with van der Waals surface area (Å²) in [5.41, 5.74) is 1.02. The molecule has 0 unspecified atom stereocenters. The smallest absolute Gasteiger partial charge is 0.305 e. The molecule has 0 fully saturated rings. The Morgan fingerprint density at radius 3 is 2.55 bits per heavy atom. The van der Waals surface area contributed by atoms with Crippen molar-refractivity contribution in [2.75, 3.05) is 13.2 Å². The lowest BCUT2D eigenvalue weighted by atomic mass is 10.1. The number of hydrogen-bond acceptors (Lipinski definition) is 3. The van der Waals surface area contributed by atoms with Gasteiger partial charge in [0, 0.05) is 13.0 Å². The Bertz CT molecular complexity index is 403. The van der Waals surface area contributed by atoms with Crippen LogP contribution in [0.25, 0.3) is 0 Å². The first-order valence-corrected chi connectivity index (χ1v) is 7.18. The van der Waals surface area contributed by atoms with Crippen LogP contribution < -0.4 is 5.32 Å². The van der Waals surface area contributed by atoms with E-state index in [0.717, 1.165) is 24.8 Å². The molecular weight excluding hydrogens is 254 g/mol. The highest BCUT2D eigenvalue weighted by molar-refractivity contribution is 5.78. The maximum atomic E-state index is 11.7. The molecule has 20 heavy (non-hydrogen) atoms. The third-order valence-electron chi connectivity index (χ3n) is 2.89. The molecule has 110 valence electrons. The zero-order valence-electron chi connectivity index (χ0n) is 12.1. The van der Waals surface area contributed by atoms with Crippen molar-refractivity contribution < 1.29 is 14.3 Å². The zero-order chi connectivity index (χ0) is 14.6. The molecule has 0 aliphatic carbocycles. The van der Waals surface area contributed by atoms with E-state index in [2.05, 4.69) is 5.32 Å². The number of esters is 1. The highest BCUT2D eigenvalue weighted by Crippen LogP contribution is 2.02. The van der Waals surface area contributed by atoms with Gasteiger partial charge < -0.3 is 10.1 Å². The van der Waals surface area contributed by atoms with E-state index in [0.29, 0.717) is 26.0 Å². The molecule has 1 aromatic rings. The molecule has 0 heterocycles. The van der Waals surface area contributed by atoms with Gasteiger partial charge in [-0.25, -0.2) is 0 Å². The molecule has 1 amide bonds. The molecule has 0 aromatic heterocycles. The summed E-state index contributed by atoms with van der Waals surface area (Å²) in [5, 5.41) is 2.89. The predicted molar refractivity (Wildman–Crippen MR) is 78.3 cm³/mol. The normalized spacial score (nSPS) is 10.1. The van der Waals surface area contributed by atoms with Gasteiger partial charge in [0.2, 0.25) is 5.91 Å². The standard InChI is InChI=1S/C16H23NO3/c1-2-20-16(19)11-7-4-8-12-17-15(18)13-14-9-5-3-6-10-14/h3,5-6,9-10H,2,4,7-8,11-13H2,1H3,(H,17,18). The first-order chi connectivity index (χ1) is 9.72. The molecule has 0 saturated carbocycles. The van der Waals surface area contributed by atoms with Crippen molar-refractivity contribution in [3.8, 4) is 0 Å². The first-order valence-electron chi connectivity index (χ1n) is 7.18. The van der Waals surface area contributed by atoms with Crippen LogP contribution in [0.2, 0.25) is 0 Å². The summed E-state index contributed by atoms with van der Waals surface area (Å²) < 4.78 is 4.84. The molecule has 0 aliphatic rings. The van der Waals surface area contributed by atoms with Crippen LogP contribution in [0.5, 0.6) is 0 Å². The third-order valence-corrected chi connectivity index (χ3v) is 2.89. The van der Waals surface area contributed by atoms with Crippen LogP contribution in [0.1, 0.15) is 38.2 Å². The summed E-state index contributed by atoms with van der Waals surface area (Å²) in [6, 6.07) is 9.68. The number of unbranched alkanes of at least 4 members (excludes halogenated alkanes) is 2. The van der Waals surface area contributed by atoms with Gasteiger partial charge in [-0.2, -0.15) is 0 Å². The van der Waals surface area contributed by atoms with Crippen molar-refractivity contribution in [1.82, 2.24) is 5.32 Å². The molecule has 0 radical (unpaired) electrons. The van der Waals surface area contributed by atoms with Crippen LogP contribution in [0.3, 0.4) is 0 Å². The number of hydrogen-bond donors (Lipinski definition) is 1. The Hall–Kier alpha value is -1.84. The Kier molecular flexibility index (Phi) is 8.11. The molecule has 4 nitrogen and oxygen atoms in total. The molecule has 0 bridgehead atoms. The van der Waals surface area contributed by atoms with E-state index in [4.69, 9.17) is 4.74 Å². The summed E-state index contributed by atoms with van der Waals surface area (Å²) in [7, 11) is 0. The number of carbonyl (C=O) groups excluding carboxylic acids is 2. The Morgan fingerprint density at radius 2 is 1.85 bits per heavy atom. The van der Waals surface area contributed by atoms with Crippen LogP contribution in [0.4, 0.5) is 0 Å². The van der Waals surface area contributed by atoms with Gasteiger partial charge in [-0.1, -0.05) is 36.8 Å². The molecule has 0 spiro atoms. The van der Waals surface area contributed by atoms with E-state index >= 15 is 0 Å². The minimum atomic E-state index is -0.138. The van der Waals surface area contributed by atoms with E-state index in [9.17, 15) is 9.59 Å². The lowest BCUT2D eigenvalue weighted by Crippen LogP contribution is -2.26. The fourth-order valence-electron chi connectivity index (χ4n) is 1.88. The molecule has 1 rings (SSSR count). The molecule has 0 saturated heterocycles. The van der Waals surface area contributed by atoms with Crippen molar-refractivity contribution >= 4 is 11.9 Å². The third kappa shape index (κ3) is 7.56. The van der Waals surface area contributed by atoms with Crippen LogP contribution in [0, 0.1) is 0 Å². The first kappa shape index (κ1) is 16.2. The fraction of sp³-hybridized carbons (Fsp3) is 0.500. The number of benzene rings is 1. The van der Waals surface area contributed by atoms with Crippen molar-refractivity contribution in [2.45, 2.75) is 39.0 Å². The van der Waals surface area contributed by atoms with Gasteiger partial charge in [0.1, 0.15) is 0 Å². The van der Waals surface area contributed by atoms with E-state index < -0.39 is 0 Å². The lowest BCUT2D eigenvalue weighted by molar-refractivity contribution is -0.143. The number of carbonyl (C=O) groups is 2. The van der Waals surface area contributed by atoms with E-state index in [-0.39, 0.29) is 11.9 Å². The highest BCUT2D eigenvalue weighted by Gasteiger charge is 2.03. The van der Waals surface area contributed by atoms with Gasteiger partial charge in [0.05, 0.1) is 13.0 Å². The monoisotopic (exact) mass is 277 g/mol. The van der Waals surface area contributed by atoms with Crippen molar-refractivity contribution in [2.24, 2.45) is 0 Å². The quantitative estimate of drug-likeness (QED) is 0.557. The van der Waals surface area contributed by atoms with Gasteiger partial charge in [0.25, 0.3) is 0 Å². The Labute approximate surface area is 120 Å². The van der Waals surface area contributed by atoms with Crippen LogP contribution >= 0.6 is 0 Å². The maximum absolute atomic E-state index is 11.7. The maximum Gasteiger partial charge on any atom is 0.305 e. The largest absolute Gasteiger partial charge is 0.466 e. The van der Waals surface area contributed by atoms with Crippen molar-refractivity contribution in [3.63, 3.8) is 0 Å². The number of ether oxygens (including phenoxy) is 1. The van der Waals surface area contributed by atoms with Crippen molar-refractivity contribution in [3.05, 3.63) is 35.9 Å². The number of amides is 1. The second-order valence-corrected chi connectivity index (χ2v) is 4.63. The van der Waals surface area contributed by atoms with Crippen LogP contribution in [-0.4, -0.2) is 25.0 Å². The summed E-state index contributed by atoms with van der Waals surface area (Å²) in [6.07, 6.45) is 3.51. The van der Waals surface area contributed by atoms with Gasteiger partial charge in [-0.15, -0.1) is 0 Å². The molecule has 1 aromatic carbocycles. The summed E-state index contributed by atoms with van der Waals surface area (Å²) in [5.74, 6) is -0.0952. The molecule has 1 N–H and O–H groups in total.